The topological polar surface area (TPSA) is 62.3 Å². The Hall–Kier alpha value is -3.21. The van der Waals surface area contributed by atoms with Crippen LogP contribution < -0.4 is 5.32 Å². The summed E-state index contributed by atoms with van der Waals surface area (Å²) < 4.78 is 0. The monoisotopic (exact) mass is 347 g/mol. The second-order valence-electron chi connectivity index (χ2n) is 6.03. The lowest BCUT2D eigenvalue weighted by molar-refractivity contribution is -0.125. The number of hydrogen-bond donors (Lipinski definition) is 1. The molecule has 0 fully saturated rings. The summed E-state index contributed by atoms with van der Waals surface area (Å²) in [6.45, 7) is 1.43. The Balaban J connectivity index is 1.58. The van der Waals surface area contributed by atoms with Crippen LogP contribution in [-0.4, -0.2) is 35.3 Å². The minimum Gasteiger partial charge on any atom is -0.339 e. The average Bonchev–Trinajstić information content (AvgIpc) is 2.94. The molecule has 2 heterocycles. The van der Waals surface area contributed by atoms with Crippen molar-refractivity contribution in [3.8, 4) is 0 Å². The number of rotatable bonds is 5. The molecule has 0 radical (unpaired) electrons. The Morgan fingerprint density at radius 2 is 1.96 bits per heavy atom. The molecule has 3 rings (SSSR count). The Morgan fingerprint density at radius 3 is 2.69 bits per heavy atom. The molecule has 0 saturated carbocycles. The first kappa shape index (κ1) is 17.6. The molecule has 2 amide bonds. The van der Waals surface area contributed by atoms with Gasteiger partial charge in [0.1, 0.15) is 5.82 Å². The van der Waals surface area contributed by atoms with Crippen molar-refractivity contribution in [2.75, 3.05) is 18.4 Å². The predicted molar refractivity (Wildman–Crippen MR) is 103 cm³/mol. The maximum Gasteiger partial charge on any atom is 0.246 e. The summed E-state index contributed by atoms with van der Waals surface area (Å²) in [5.41, 5.74) is 3.34. The van der Waals surface area contributed by atoms with E-state index in [1.807, 2.05) is 23.1 Å². The van der Waals surface area contributed by atoms with E-state index in [1.54, 1.807) is 30.5 Å². The molecule has 5 heteroatoms. The SMILES string of the molecule is O=CNc1ccc(/C=C/C(=O)N2CCC=C(c3ccccc3)CC2)cn1. The van der Waals surface area contributed by atoms with Gasteiger partial charge in [-0.2, -0.15) is 0 Å². The fourth-order valence-electron chi connectivity index (χ4n) is 2.92. The number of nitrogens with zero attached hydrogens (tertiary/aromatic N) is 2. The van der Waals surface area contributed by atoms with E-state index >= 15 is 0 Å². The van der Waals surface area contributed by atoms with Crippen LogP contribution in [0.2, 0.25) is 0 Å². The second kappa shape index (κ2) is 8.76. The van der Waals surface area contributed by atoms with Gasteiger partial charge in [0.2, 0.25) is 12.3 Å². The van der Waals surface area contributed by atoms with Crippen molar-refractivity contribution in [1.29, 1.82) is 0 Å². The molecular formula is C21H21N3O2. The first-order valence-corrected chi connectivity index (χ1v) is 8.64. The van der Waals surface area contributed by atoms with Crippen LogP contribution in [0.1, 0.15) is 24.0 Å². The molecule has 0 unspecified atom stereocenters. The quantitative estimate of drug-likeness (QED) is 0.666. The number of aromatic nitrogens is 1. The van der Waals surface area contributed by atoms with Crippen LogP contribution in [0.15, 0.2) is 60.8 Å². The lowest BCUT2D eigenvalue weighted by Gasteiger charge is -2.18. The van der Waals surface area contributed by atoms with Crippen molar-refractivity contribution in [2.45, 2.75) is 12.8 Å². The van der Waals surface area contributed by atoms with Gasteiger partial charge < -0.3 is 10.2 Å². The van der Waals surface area contributed by atoms with Gasteiger partial charge in [-0.1, -0.05) is 36.4 Å². The number of carbonyl (C=O) groups is 2. The van der Waals surface area contributed by atoms with Gasteiger partial charge in [-0.05, 0) is 47.8 Å². The molecule has 1 aliphatic rings. The average molecular weight is 347 g/mol. The summed E-state index contributed by atoms with van der Waals surface area (Å²) in [7, 11) is 0. The molecule has 0 atom stereocenters. The van der Waals surface area contributed by atoms with E-state index < -0.39 is 0 Å². The first-order valence-electron chi connectivity index (χ1n) is 8.64. The Morgan fingerprint density at radius 1 is 1.12 bits per heavy atom. The van der Waals surface area contributed by atoms with Crippen molar-refractivity contribution < 1.29 is 9.59 Å². The van der Waals surface area contributed by atoms with Crippen molar-refractivity contribution in [2.24, 2.45) is 0 Å². The van der Waals surface area contributed by atoms with Gasteiger partial charge >= 0.3 is 0 Å². The summed E-state index contributed by atoms with van der Waals surface area (Å²) in [6.07, 6.45) is 9.48. The highest BCUT2D eigenvalue weighted by atomic mass is 16.2. The Bertz CT molecular complexity index is 811. The fraction of sp³-hybridized carbons (Fsp3) is 0.190. The minimum absolute atomic E-state index is 0.00260. The van der Waals surface area contributed by atoms with Gasteiger partial charge in [-0.3, -0.25) is 9.59 Å². The number of benzene rings is 1. The third-order valence-electron chi connectivity index (χ3n) is 4.31. The van der Waals surface area contributed by atoms with E-state index in [9.17, 15) is 9.59 Å². The van der Waals surface area contributed by atoms with Gasteiger partial charge in [0, 0.05) is 25.4 Å². The molecule has 0 saturated heterocycles. The molecule has 1 N–H and O–H groups in total. The minimum atomic E-state index is 0.00260. The molecule has 1 aromatic carbocycles. The fourth-order valence-corrected chi connectivity index (χ4v) is 2.92. The first-order chi connectivity index (χ1) is 12.8. The third kappa shape index (κ3) is 4.66. The summed E-state index contributed by atoms with van der Waals surface area (Å²) in [6, 6.07) is 13.8. The lowest BCUT2D eigenvalue weighted by Crippen LogP contribution is -2.30. The standard InChI is InChI=1S/C21H21N3O2/c25-16-23-20-10-8-17(15-22-20)9-11-21(26)24-13-4-7-19(12-14-24)18-5-2-1-3-6-18/h1-3,5-11,15-16H,4,12-14H2,(H,22,23,25)/b11-9+. The normalized spacial score (nSPS) is 14.6. The third-order valence-corrected chi connectivity index (χ3v) is 4.31. The number of hydrogen-bond acceptors (Lipinski definition) is 3. The van der Waals surface area contributed by atoms with Crippen LogP contribution in [0.3, 0.4) is 0 Å². The molecule has 132 valence electrons. The molecule has 0 aliphatic carbocycles. The zero-order chi connectivity index (χ0) is 18.2. The van der Waals surface area contributed by atoms with E-state index in [0.29, 0.717) is 18.8 Å². The van der Waals surface area contributed by atoms with Gasteiger partial charge in [0.05, 0.1) is 0 Å². The number of amides is 2. The van der Waals surface area contributed by atoms with Crippen molar-refractivity contribution in [1.82, 2.24) is 9.88 Å². The molecule has 0 bridgehead atoms. The van der Waals surface area contributed by atoms with Crippen LogP contribution in [-0.2, 0) is 9.59 Å². The van der Waals surface area contributed by atoms with Crippen LogP contribution >= 0.6 is 0 Å². The molecular weight excluding hydrogens is 326 g/mol. The van der Waals surface area contributed by atoms with E-state index in [4.69, 9.17) is 0 Å². The zero-order valence-corrected chi connectivity index (χ0v) is 14.5. The molecule has 2 aromatic rings. The zero-order valence-electron chi connectivity index (χ0n) is 14.5. The highest BCUT2D eigenvalue weighted by molar-refractivity contribution is 5.92. The smallest absolute Gasteiger partial charge is 0.246 e. The summed E-state index contributed by atoms with van der Waals surface area (Å²) in [5, 5.41) is 2.48. The Kier molecular flexibility index (Phi) is 5.93. The van der Waals surface area contributed by atoms with Crippen molar-refractivity contribution in [3.05, 3.63) is 71.9 Å². The molecule has 1 aromatic heterocycles. The van der Waals surface area contributed by atoms with Crippen LogP contribution in [0.4, 0.5) is 5.82 Å². The maximum atomic E-state index is 12.5. The van der Waals surface area contributed by atoms with Crippen LogP contribution in [0, 0.1) is 0 Å². The lowest BCUT2D eigenvalue weighted by atomic mass is 10.0. The number of anilines is 1. The molecule has 1 aliphatic heterocycles. The maximum absolute atomic E-state index is 12.5. The van der Waals surface area contributed by atoms with Crippen LogP contribution in [0.5, 0.6) is 0 Å². The predicted octanol–water partition coefficient (Wildman–Crippen LogP) is 3.37. The van der Waals surface area contributed by atoms with Crippen molar-refractivity contribution in [3.63, 3.8) is 0 Å². The van der Waals surface area contributed by atoms with E-state index in [2.05, 4.69) is 28.5 Å². The van der Waals surface area contributed by atoms with Crippen LogP contribution in [0.25, 0.3) is 11.6 Å². The highest BCUT2D eigenvalue weighted by Crippen LogP contribution is 2.22. The number of carbonyl (C=O) groups excluding carboxylic acids is 2. The van der Waals surface area contributed by atoms with Gasteiger partial charge in [0.15, 0.2) is 0 Å². The molecule has 5 nitrogen and oxygen atoms in total. The van der Waals surface area contributed by atoms with Gasteiger partial charge in [0.25, 0.3) is 0 Å². The van der Waals surface area contributed by atoms with Gasteiger partial charge in [-0.25, -0.2) is 4.98 Å². The number of nitrogens with one attached hydrogen (secondary N) is 1. The van der Waals surface area contributed by atoms with E-state index in [-0.39, 0.29) is 5.91 Å². The summed E-state index contributed by atoms with van der Waals surface area (Å²) >= 11 is 0. The largest absolute Gasteiger partial charge is 0.339 e. The van der Waals surface area contributed by atoms with Crippen molar-refractivity contribution >= 4 is 29.8 Å². The molecule has 0 spiro atoms. The highest BCUT2D eigenvalue weighted by Gasteiger charge is 2.14. The summed E-state index contributed by atoms with van der Waals surface area (Å²) in [4.78, 5) is 28.8. The summed E-state index contributed by atoms with van der Waals surface area (Å²) in [5.74, 6) is 0.485. The second-order valence-corrected chi connectivity index (χ2v) is 6.03. The Labute approximate surface area is 153 Å². The number of pyridine rings is 1. The van der Waals surface area contributed by atoms with E-state index in [0.717, 1.165) is 24.9 Å². The van der Waals surface area contributed by atoms with Gasteiger partial charge in [-0.15, -0.1) is 0 Å². The molecule has 26 heavy (non-hydrogen) atoms. The van der Waals surface area contributed by atoms with E-state index in [1.165, 1.54) is 11.1 Å².